The lowest BCUT2D eigenvalue weighted by Gasteiger charge is -2.41. The second-order valence-corrected chi connectivity index (χ2v) is 6.23. The molecule has 1 aromatic rings. The average Bonchev–Trinajstić information content (AvgIpc) is 2.46. The number of nitrogens with two attached hydrogens (primary N) is 1. The molecule has 20 heavy (non-hydrogen) atoms. The number of aromatic nitrogens is 3. The Balaban J connectivity index is 1.79. The molecule has 1 aliphatic heterocycles. The van der Waals surface area contributed by atoms with Crippen LogP contribution < -0.4 is 15.5 Å². The van der Waals surface area contributed by atoms with Gasteiger partial charge in [0, 0.05) is 27.2 Å². The van der Waals surface area contributed by atoms with Crippen LogP contribution in [0.25, 0.3) is 0 Å². The molecule has 2 atom stereocenters. The van der Waals surface area contributed by atoms with E-state index in [0.717, 1.165) is 30.9 Å². The SMILES string of the molecule is CN(C)c1nc(N)nc(N2CCC3CCCCC3C2)n1. The molecule has 110 valence electrons. The normalized spacial score (nSPS) is 26.2. The first-order valence-electron chi connectivity index (χ1n) is 7.57. The summed E-state index contributed by atoms with van der Waals surface area (Å²) in [5, 5.41) is 0. The lowest BCUT2D eigenvalue weighted by Crippen LogP contribution is -2.42. The van der Waals surface area contributed by atoms with Gasteiger partial charge in [0.1, 0.15) is 0 Å². The maximum atomic E-state index is 5.82. The summed E-state index contributed by atoms with van der Waals surface area (Å²) < 4.78 is 0. The van der Waals surface area contributed by atoms with E-state index in [-0.39, 0.29) is 0 Å². The molecular formula is C14H24N6. The molecule has 2 unspecified atom stereocenters. The number of hydrogen-bond donors (Lipinski definition) is 1. The van der Waals surface area contributed by atoms with Gasteiger partial charge in [-0.15, -0.1) is 0 Å². The summed E-state index contributed by atoms with van der Waals surface area (Å²) in [6.45, 7) is 2.11. The van der Waals surface area contributed by atoms with E-state index < -0.39 is 0 Å². The molecular weight excluding hydrogens is 252 g/mol. The Morgan fingerprint density at radius 1 is 1.05 bits per heavy atom. The lowest BCUT2D eigenvalue weighted by atomic mass is 9.75. The van der Waals surface area contributed by atoms with Gasteiger partial charge < -0.3 is 15.5 Å². The minimum Gasteiger partial charge on any atom is -0.368 e. The van der Waals surface area contributed by atoms with Crippen molar-refractivity contribution < 1.29 is 0 Å². The molecule has 0 spiro atoms. The summed E-state index contributed by atoms with van der Waals surface area (Å²) in [6.07, 6.45) is 6.79. The third-order valence-corrected chi connectivity index (χ3v) is 4.60. The fraction of sp³-hybridized carbons (Fsp3) is 0.786. The van der Waals surface area contributed by atoms with Gasteiger partial charge in [-0.2, -0.15) is 15.0 Å². The van der Waals surface area contributed by atoms with Crippen molar-refractivity contribution in [1.82, 2.24) is 15.0 Å². The molecule has 3 rings (SSSR count). The van der Waals surface area contributed by atoms with Crippen molar-refractivity contribution in [3.05, 3.63) is 0 Å². The Labute approximate surface area is 120 Å². The predicted octanol–water partition coefficient (Wildman–Crippen LogP) is 1.54. The van der Waals surface area contributed by atoms with E-state index in [4.69, 9.17) is 5.73 Å². The van der Waals surface area contributed by atoms with Gasteiger partial charge in [-0.05, 0) is 24.7 Å². The van der Waals surface area contributed by atoms with Crippen molar-refractivity contribution >= 4 is 17.8 Å². The lowest BCUT2D eigenvalue weighted by molar-refractivity contribution is 0.201. The highest BCUT2D eigenvalue weighted by atomic mass is 15.3. The zero-order valence-electron chi connectivity index (χ0n) is 12.4. The second-order valence-electron chi connectivity index (χ2n) is 6.23. The van der Waals surface area contributed by atoms with Crippen LogP contribution in [0.15, 0.2) is 0 Å². The maximum absolute atomic E-state index is 5.82. The smallest absolute Gasteiger partial charge is 0.231 e. The van der Waals surface area contributed by atoms with Gasteiger partial charge in [0.2, 0.25) is 17.8 Å². The van der Waals surface area contributed by atoms with E-state index in [1.165, 1.54) is 32.1 Å². The van der Waals surface area contributed by atoms with Crippen LogP contribution in [0.5, 0.6) is 0 Å². The molecule has 2 aliphatic rings. The summed E-state index contributed by atoms with van der Waals surface area (Å²) in [4.78, 5) is 17.2. The summed E-state index contributed by atoms with van der Waals surface area (Å²) in [5.41, 5.74) is 5.82. The van der Waals surface area contributed by atoms with Crippen LogP contribution in [0.1, 0.15) is 32.1 Å². The minimum atomic E-state index is 0.310. The average molecular weight is 276 g/mol. The van der Waals surface area contributed by atoms with E-state index in [2.05, 4.69) is 19.9 Å². The van der Waals surface area contributed by atoms with E-state index in [9.17, 15) is 0 Å². The largest absolute Gasteiger partial charge is 0.368 e. The fourth-order valence-corrected chi connectivity index (χ4v) is 3.49. The Kier molecular flexibility index (Phi) is 3.63. The highest BCUT2D eigenvalue weighted by Gasteiger charge is 2.32. The van der Waals surface area contributed by atoms with E-state index >= 15 is 0 Å². The quantitative estimate of drug-likeness (QED) is 0.883. The van der Waals surface area contributed by atoms with Crippen molar-refractivity contribution in [2.45, 2.75) is 32.1 Å². The summed E-state index contributed by atoms with van der Waals surface area (Å²) >= 11 is 0. The molecule has 0 radical (unpaired) electrons. The van der Waals surface area contributed by atoms with Crippen molar-refractivity contribution in [2.75, 3.05) is 42.7 Å². The molecule has 0 bridgehead atoms. The number of piperidine rings is 1. The minimum absolute atomic E-state index is 0.310. The molecule has 0 aromatic carbocycles. The van der Waals surface area contributed by atoms with Crippen molar-refractivity contribution in [3.63, 3.8) is 0 Å². The van der Waals surface area contributed by atoms with Gasteiger partial charge in [-0.1, -0.05) is 19.3 Å². The third kappa shape index (κ3) is 2.64. The van der Waals surface area contributed by atoms with Crippen LogP contribution in [0.2, 0.25) is 0 Å². The summed E-state index contributed by atoms with van der Waals surface area (Å²) in [7, 11) is 3.85. The zero-order chi connectivity index (χ0) is 14.1. The van der Waals surface area contributed by atoms with E-state index in [0.29, 0.717) is 11.9 Å². The van der Waals surface area contributed by atoms with Crippen molar-refractivity contribution in [1.29, 1.82) is 0 Å². The van der Waals surface area contributed by atoms with E-state index in [1.807, 2.05) is 19.0 Å². The van der Waals surface area contributed by atoms with Crippen molar-refractivity contribution in [2.24, 2.45) is 11.8 Å². The summed E-state index contributed by atoms with van der Waals surface area (Å²) in [5.74, 6) is 3.40. The number of anilines is 3. The topological polar surface area (TPSA) is 71.2 Å². The predicted molar refractivity (Wildman–Crippen MR) is 80.8 cm³/mol. The molecule has 2 fully saturated rings. The van der Waals surface area contributed by atoms with Gasteiger partial charge in [0.05, 0.1) is 0 Å². The third-order valence-electron chi connectivity index (χ3n) is 4.60. The fourth-order valence-electron chi connectivity index (χ4n) is 3.49. The molecule has 1 saturated heterocycles. The molecule has 2 N–H and O–H groups in total. The van der Waals surface area contributed by atoms with Crippen LogP contribution >= 0.6 is 0 Å². The molecule has 1 aromatic heterocycles. The van der Waals surface area contributed by atoms with Gasteiger partial charge in [0.15, 0.2) is 0 Å². The highest BCUT2D eigenvalue weighted by molar-refractivity contribution is 5.43. The number of fused-ring (bicyclic) bond motifs is 1. The van der Waals surface area contributed by atoms with Gasteiger partial charge >= 0.3 is 0 Å². The second kappa shape index (κ2) is 5.42. The zero-order valence-corrected chi connectivity index (χ0v) is 12.4. The van der Waals surface area contributed by atoms with Crippen LogP contribution in [-0.2, 0) is 0 Å². The molecule has 0 amide bonds. The highest BCUT2D eigenvalue weighted by Crippen LogP contribution is 2.36. The Morgan fingerprint density at radius 3 is 2.55 bits per heavy atom. The molecule has 6 heteroatoms. The Hall–Kier alpha value is -1.59. The van der Waals surface area contributed by atoms with Crippen LogP contribution in [0.4, 0.5) is 17.8 Å². The standard InChI is InChI=1S/C14H24N6/c1-19(2)13-16-12(15)17-14(18-13)20-8-7-10-5-3-4-6-11(10)9-20/h10-11H,3-9H2,1-2H3,(H2,15,16,17,18). The van der Waals surface area contributed by atoms with E-state index in [1.54, 1.807) is 0 Å². The maximum Gasteiger partial charge on any atom is 0.231 e. The van der Waals surface area contributed by atoms with Gasteiger partial charge in [0.25, 0.3) is 0 Å². The first-order valence-corrected chi connectivity index (χ1v) is 7.57. The van der Waals surface area contributed by atoms with Crippen molar-refractivity contribution in [3.8, 4) is 0 Å². The number of nitrogens with zero attached hydrogens (tertiary/aromatic N) is 5. The number of nitrogen functional groups attached to an aromatic ring is 1. The van der Waals surface area contributed by atoms with Gasteiger partial charge in [-0.25, -0.2) is 0 Å². The molecule has 1 saturated carbocycles. The first-order chi connectivity index (χ1) is 9.63. The van der Waals surface area contributed by atoms with Crippen LogP contribution in [-0.4, -0.2) is 42.1 Å². The van der Waals surface area contributed by atoms with Crippen LogP contribution in [0.3, 0.4) is 0 Å². The Bertz CT molecular complexity index is 475. The van der Waals surface area contributed by atoms with Crippen LogP contribution in [0, 0.1) is 11.8 Å². The molecule has 2 heterocycles. The number of rotatable bonds is 2. The van der Waals surface area contributed by atoms with Gasteiger partial charge in [-0.3, -0.25) is 0 Å². The first kappa shape index (κ1) is 13.4. The molecule has 1 aliphatic carbocycles. The molecule has 6 nitrogen and oxygen atoms in total. The monoisotopic (exact) mass is 276 g/mol. The summed E-state index contributed by atoms with van der Waals surface area (Å²) in [6, 6.07) is 0. The number of hydrogen-bond acceptors (Lipinski definition) is 6. The Morgan fingerprint density at radius 2 is 1.80 bits per heavy atom.